The average Bonchev–Trinajstić information content (AvgIpc) is 2.66. The van der Waals surface area contributed by atoms with Gasteiger partial charge in [-0.3, -0.25) is 4.79 Å². The van der Waals surface area contributed by atoms with Gasteiger partial charge in [0.2, 0.25) is 15.9 Å². The van der Waals surface area contributed by atoms with E-state index in [1.165, 1.54) is 31.4 Å². The van der Waals surface area contributed by atoms with E-state index in [-0.39, 0.29) is 23.4 Å². The number of carbonyl (C=O) groups is 2. The van der Waals surface area contributed by atoms with Crippen molar-refractivity contribution in [1.82, 2.24) is 4.31 Å². The summed E-state index contributed by atoms with van der Waals surface area (Å²) in [6.45, 7) is 0.0363. The summed E-state index contributed by atoms with van der Waals surface area (Å²) in [5, 5.41) is 0. The molecule has 0 aromatic heterocycles. The van der Waals surface area contributed by atoms with Gasteiger partial charge in [-0.2, -0.15) is 4.31 Å². The molecule has 0 fully saturated rings. The Morgan fingerprint density at radius 1 is 1.12 bits per heavy atom. The van der Waals surface area contributed by atoms with Gasteiger partial charge < -0.3 is 10.5 Å². The summed E-state index contributed by atoms with van der Waals surface area (Å²) in [6, 6.07) is 11.9. The van der Waals surface area contributed by atoms with Crippen LogP contribution in [0, 0.1) is 0 Å². The van der Waals surface area contributed by atoms with Crippen LogP contribution in [0.5, 0.6) is 0 Å². The molecule has 1 atom stereocenters. The summed E-state index contributed by atoms with van der Waals surface area (Å²) in [6.07, 6.45) is 0.210. The molecule has 0 spiro atoms. The highest BCUT2D eigenvalue weighted by molar-refractivity contribution is 7.89. The number of hydrogen-bond donors (Lipinski definition) is 1. The van der Waals surface area contributed by atoms with Crippen molar-refractivity contribution in [2.24, 2.45) is 5.73 Å². The lowest BCUT2D eigenvalue weighted by atomic mass is 9.96. The molecule has 7 nitrogen and oxygen atoms in total. The van der Waals surface area contributed by atoms with Crippen LogP contribution in [0.2, 0.25) is 0 Å². The van der Waals surface area contributed by atoms with Gasteiger partial charge in [0, 0.05) is 6.54 Å². The highest BCUT2D eigenvalue weighted by Gasteiger charge is 2.38. The molecule has 2 aromatic carbocycles. The molecule has 0 bridgehead atoms. The molecular weight excluding hydrogens is 356 g/mol. The topological polar surface area (TPSA) is 107 Å². The second-order valence-corrected chi connectivity index (χ2v) is 7.85. The van der Waals surface area contributed by atoms with Crippen molar-refractivity contribution >= 4 is 21.9 Å². The summed E-state index contributed by atoms with van der Waals surface area (Å²) in [4.78, 5) is 23.5. The Labute approximate surface area is 151 Å². The average molecular weight is 374 g/mol. The molecule has 1 unspecified atom stereocenters. The maximum Gasteiger partial charge on any atom is 0.337 e. The number of methoxy groups -OCH3 is 1. The van der Waals surface area contributed by atoms with Crippen molar-refractivity contribution in [3.05, 3.63) is 65.2 Å². The van der Waals surface area contributed by atoms with E-state index in [0.717, 1.165) is 15.4 Å². The highest BCUT2D eigenvalue weighted by atomic mass is 32.2. The Morgan fingerprint density at radius 2 is 1.81 bits per heavy atom. The molecule has 3 rings (SSSR count). The van der Waals surface area contributed by atoms with Gasteiger partial charge in [0.25, 0.3) is 0 Å². The van der Waals surface area contributed by atoms with Crippen molar-refractivity contribution in [3.8, 4) is 0 Å². The van der Waals surface area contributed by atoms with Gasteiger partial charge >= 0.3 is 5.97 Å². The quantitative estimate of drug-likeness (QED) is 0.806. The number of amides is 1. The number of rotatable bonds is 4. The third kappa shape index (κ3) is 3.21. The predicted molar refractivity (Wildman–Crippen MR) is 93.6 cm³/mol. The third-order valence-corrected chi connectivity index (χ3v) is 6.25. The number of nitrogens with zero attached hydrogens (tertiary/aromatic N) is 1. The Balaban J connectivity index is 2.05. The second-order valence-electron chi connectivity index (χ2n) is 5.96. The fourth-order valence-electron chi connectivity index (χ4n) is 3.03. The molecule has 1 amide bonds. The van der Waals surface area contributed by atoms with Gasteiger partial charge in [-0.1, -0.05) is 30.3 Å². The number of ether oxygens (including phenoxy) is 1. The minimum absolute atomic E-state index is 0.0363. The van der Waals surface area contributed by atoms with Gasteiger partial charge in [-0.15, -0.1) is 0 Å². The maximum absolute atomic E-state index is 13.1. The van der Waals surface area contributed by atoms with Crippen molar-refractivity contribution in [2.45, 2.75) is 23.9 Å². The molecule has 0 saturated carbocycles. The first kappa shape index (κ1) is 18.1. The van der Waals surface area contributed by atoms with Crippen LogP contribution in [0.3, 0.4) is 0 Å². The zero-order valence-electron chi connectivity index (χ0n) is 14.1. The molecule has 136 valence electrons. The Hall–Kier alpha value is -2.71. The highest BCUT2D eigenvalue weighted by Crippen LogP contribution is 2.29. The number of hydrogen-bond acceptors (Lipinski definition) is 5. The third-order valence-electron chi connectivity index (χ3n) is 4.40. The maximum atomic E-state index is 13.1. The van der Waals surface area contributed by atoms with E-state index in [1.54, 1.807) is 0 Å². The number of sulfonamides is 1. The predicted octanol–water partition coefficient (Wildman–Crippen LogP) is 1.07. The van der Waals surface area contributed by atoms with E-state index in [4.69, 9.17) is 5.73 Å². The molecule has 1 heterocycles. The Kier molecular flexibility index (Phi) is 4.80. The van der Waals surface area contributed by atoms with Gasteiger partial charge in [0.05, 0.1) is 17.6 Å². The lowest BCUT2D eigenvalue weighted by molar-refractivity contribution is -0.122. The first-order valence-corrected chi connectivity index (χ1v) is 9.35. The number of fused-ring (bicyclic) bond motifs is 1. The standard InChI is InChI=1S/C18H18N2O5S/c1-25-18(22)13-7-4-8-15(9-13)26(23,24)20-11-14-6-3-2-5-12(14)10-16(20)17(19)21/h2-9,16H,10-11H2,1H3,(H2,19,21). The minimum atomic E-state index is -4.04. The lowest BCUT2D eigenvalue weighted by Crippen LogP contribution is -2.51. The van der Waals surface area contributed by atoms with Crippen LogP contribution in [0.15, 0.2) is 53.4 Å². The Bertz CT molecular complexity index is 971. The number of nitrogens with two attached hydrogens (primary N) is 1. The first-order chi connectivity index (χ1) is 12.3. The SMILES string of the molecule is COC(=O)c1cccc(S(=O)(=O)N2Cc3ccccc3CC2C(N)=O)c1. The molecule has 0 saturated heterocycles. The molecule has 1 aliphatic heterocycles. The summed E-state index contributed by atoms with van der Waals surface area (Å²) in [7, 11) is -2.82. The van der Waals surface area contributed by atoms with Crippen LogP contribution in [0.25, 0.3) is 0 Å². The van der Waals surface area contributed by atoms with Gasteiger partial charge in [-0.05, 0) is 35.7 Å². The number of benzene rings is 2. The summed E-state index contributed by atoms with van der Waals surface area (Å²) in [5.41, 5.74) is 7.29. The molecule has 8 heteroatoms. The largest absolute Gasteiger partial charge is 0.465 e. The summed E-state index contributed by atoms with van der Waals surface area (Å²) < 4.78 is 32.0. The monoisotopic (exact) mass is 374 g/mol. The van der Waals surface area contributed by atoms with Crippen LogP contribution in [-0.4, -0.2) is 37.8 Å². The van der Waals surface area contributed by atoms with E-state index in [9.17, 15) is 18.0 Å². The number of esters is 1. The van der Waals surface area contributed by atoms with E-state index in [1.807, 2.05) is 24.3 Å². The van der Waals surface area contributed by atoms with Crippen molar-refractivity contribution in [1.29, 1.82) is 0 Å². The summed E-state index contributed by atoms with van der Waals surface area (Å²) in [5.74, 6) is -1.36. The van der Waals surface area contributed by atoms with Crippen molar-refractivity contribution in [2.75, 3.05) is 7.11 Å². The van der Waals surface area contributed by atoms with Gasteiger partial charge in [-0.25, -0.2) is 13.2 Å². The molecule has 26 heavy (non-hydrogen) atoms. The zero-order chi connectivity index (χ0) is 18.9. The fraction of sp³-hybridized carbons (Fsp3) is 0.222. The zero-order valence-corrected chi connectivity index (χ0v) is 14.9. The fourth-order valence-corrected chi connectivity index (χ4v) is 4.65. The molecule has 0 aliphatic carbocycles. The molecule has 2 aromatic rings. The minimum Gasteiger partial charge on any atom is -0.465 e. The van der Waals surface area contributed by atoms with E-state index >= 15 is 0 Å². The van der Waals surface area contributed by atoms with Crippen LogP contribution >= 0.6 is 0 Å². The normalized spacial score (nSPS) is 17.3. The number of primary amides is 1. The van der Waals surface area contributed by atoms with E-state index in [0.29, 0.717) is 0 Å². The van der Waals surface area contributed by atoms with Gasteiger partial charge in [0.1, 0.15) is 6.04 Å². The molecule has 0 radical (unpaired) electrons. The second kappa shape index (κ2) is 6.89. The molecule has 2 N–H and O–H groups in total. The van der Waals surface area contributed by atoms with Crippen molar-refractivity contribution in [3.63, 3.8) is 0 Å². The molecular formula is C18H18N2O5S. The van der Waals surface area contributed by atoms with Crippen LogP contribution < -0.4 is 5.73 Å². The number of carbonyl (C=O) groups excluding carboxylic acids is 2. The van der Waals surface area contributed by atoms with Crippen molar-refractivity contribution < 1.29 is 22.7 Å². The van der Waals surface area contributed by atoms with E-state index in [2.05, 4.69) is 4.74 Å². The Morgan fingerprint density at radius 3 is 2.46 bits per heavy atom. The summed E-state index contributed by atoms with van der Waals surface area (Å²) >= 11 is 0. The van der Waals surface area contributed by atoms with Crippen LogP contribution in [-0.2, 0) is 32.5 Å². The van der Waals surface area contributed by atoms with Crippen LogP contribution in [0.1, 0.15) is 21.5 Å². The van der Waals surface area contributed by atoms with E-state index < -0.39 is 27.9 Å². The first-order valence-electron chi connectivity index (χ1n) is 7.91. The van der Waals surface area contributed by atoms with Gasteiger partial charge in [0.15, 0.2) is 0 Å². The smallest absolute Gasteiger partial charge is 0.337 e. The van der Waals surface area contributed by atoms with Crippen LogP contribution in [0.4, 0.5) is 0 Å². The lowest BCUT2D eigenvalue weighted by Gasteiger charge is -2.34. The molecule has 1 aliphatic rings.